The van der Waals surface area contributed by atoms with Crippen molar-refractivity contribution in [3.8, 4) is 0 Å². The van der Waals surface area contributed by atoms with Crippen LogP contribution in [0.5, 0.6) is 0 Å². The van der Waals surface area contributed by atoms with Gasteiger partial charge >= 0.3 is 5.97 Å². The summed E-state index contributed by atoms with van der Waals surface area (Å²) in [5.41, 5.74) is 0.0868. The Bertz CT molecular complexity index is 444. The maximum absolute atomic E-state index is 12.0. The minimum Gasteiger partial charge on any atom is -0.464 e. The van der Waals surface area contributed by atoms with Gasteiger partial charge in [-0.2, -0.15) is 0 Å². The van der Waals surface area contributed by atoms with E-state index >= 15 is 0 Å². The zero-order chi connectivity index (χ0) is 14.4. The minimum absolute atomic E-state index is 0.0868. The Morgan fingerprint density at radius 1 is 1.47 bits per heavy atom. The van der Waals surface area contributed by atoms with Crippen LogP contribution in [0.15, 0.2) is 6.20 Å². The standard InChI is InChI=1S/C12H20N4O3/c1-5-6-8(2)13-11(17)9(3)16-7-10(14-15-16)12(18)19-4/h7-9H,5-6H2,1-4H3,(H,13,17). The number of carbonyl (C=O) groups is 2. The summed E-state index contributed by atoms with van der Waals surface area (Å²) < 4.78 is 5.88. The van der Waals surface area contributed by atoms with E-state index in [0.29, 0.717) is 0 Å². The third-order valence-corrected chi connectivity index (χ3v) is 2.79. The van der Waals surface area contributed by atoms with E-state index in [1.807, 2.05) is 6.92 Å². The van der Waals surface area contributed by atoms with Crippen molar-refractivity contribution in [1.82, 2.24) is 20.3 Å². The lowest BCUT2D eigenvalue weighted by Crippen LogP contribution is -2.37. The van der Waals surface area contributed by atoms with E-state index in [4.69, 9.17) is 0 Å². The van der Waals surface area contributed by atoms with Gasteiger partial charge in [-0.3, -0.25) is 4.79 Å². The van der Waals surface area contributed by atoms with Gasteiger partial charge in [-0.15, -0.1) is 5.10 Å². The van der Waals surface area contributed by atoms with Gasteiger partial charge in [0.1, 0.15) is 6.04 Å². The van der Waals surface area contributed by atoms with Crippen molar-refractivity contribution >= 4 is 11.9 Å². The van der Waals surface area contributed by atoms with Gasteiger partial charge in [-0.1, -0.05) is 18.6 Å². The molecule has 0 aromatic carbocycles. The monoisotopic (exact) mass is 268 g/mol. The molecule has 7 heteroatoms. The third-order valence-electron chi connectivity index (χ3n) is 2.79. The Kier molecular flexibility index (Phi) is 5.47. The molecule has 0 fully saturated rings. The summed E-state index contributed by atoms with van der Waals surface area (Å²) in [5.74, 6) is -0.722. The van der Waals surface area contributed by atoms with E-state index < -0.39 is 12.0 Å². The van der Waals surface area contributed by atoms with Gasteiger partial charge in [0, 0.05) is 6.04 Å². The summed E-state index contributed by atoms with van der Waals surface area (Å²) in [6.07, 6.45) is 3.33. The number of aromatic nitrogens is 3. The van der Waals surface area contributed by atoms with Gasteiger partial charge in [-0.25, -0.2) is 9.48 Å². The molecule has 7 nitrogen and oxygen atoms in total. The second-order valence-electron chi connectivity index (χ2n) is 4.45. The van der Waals surface area contributed by atoms with Crippen LogP contribution in [0, 0.1) is 0 Å². The highest BCUT2D eigenvalue weighted by atomic mass is 16.5. The number of amides is 1. The number of nitrogens with zero attached hydrogens (tertiary/aromatic N) is 3. The van der Waals surface area contributed by atoms with Crippen LogP contribution in [0.25, 0.3) is 0 Å². The van der Waals surface area contributed by atoms with E-state index in [1.54, 1.807) is 6.92 Å². The molecule has 106 valence electrons. The van der Waals surface area contributed by atoms with Gasteiger partial charge < -0.3 is 10.1 Å². The van der Waals surface area contributed by atoms with Gasteiger partial charge in [0.25, 0.3) is 0 Å². The first-order valence-electron chi connectivity index (χ1n) is 6.30. The van der Waals surface area contributed by atoms with Gasteiger partial charge in [-0.05, 0) is 20.3 Å². The molecule has 0 aliphatic rings. The lowest BCUT2D eigenvalue weighted by Gasteiger charge is -2.16. The van der Waals surface area contributed by atoms with Crippen LogP contribution in [-0.2, 0) is 9.53 Å². The van der Waals surface area contributed by atoms with Crippen molar-refractivity contribution in [2.75, 3.05) is 7.11 Å². The highest BCUT2D eigenvalue weighted by Crippen LogP contribution is 2.07. The van der Waals surface area contributed by atoms with E-state index in [1.165, 1.54) is 18.0 Å². The van der Waals surface area contributed by atoms with Crippen LogP contribution in [0.3, 0.4) is 0 Å². The normalized spacial score (nSPS) is 13.7. The van der Waals surface area contributed by atoms with Crippen molar-refractivity contribution in [2.45, 2.75) is 45.7 Å². The highest BCUT2D eigenvalue weighted by Gasteiger charge is 2.20. The molecule has 1 amide bonds. The van der Waals surface area contributed by atoms with Crippen LogP contribution in [-0.4, -0.2) is 40.0 Å². The van der Waals surface area contributed by atoms with E-state index in [0.717, 1.165) is 12.8 Å². The predicted octanol–water partition coefficient (Wildman–Crippen LogP) is 0.930. The average Bonchev–Trinajstić information content (AvgIpc) is 2.86. The number of ether oxygens (including phenoxy) is 1. The highest BCUT2D eigenvalue weighted by molar-refractivity contribution is 5.86. The average molecular weight is 268 g/mol. The van der Waals surface area contributed by atoms with Crippen molar-refractivity contribution in [1.29, 1.82) is 0 Å². The van der Waals surface area contributed by atoms with Crippen molar-refractivity contribution < 1.29 is 14.3 Å². The molecule has 19 heavy (non-hydrogen) atoms. The quantitative estimate of drug-likeness (QED) is 0.776. The fourth-order valence-corrected chi connectivity index (χ4v) is 1.65. The van der Waals surface area contributed by atoms with Crippen molar-refractivity contribution in [2.24, 2.45) is 0 Å². The van der Waals surface area contributed by atoms with E-state index in [-0.39, 0.29) is 17.6 Å². The second kappa shape index (κ2) is 6.86. The van der Waals surface area contributed by atoms with Crippen LogP contribution in [0.2, 0.25) is 0 Å². The summed E-state index contributed by atoms with van der Waals surface area (Å²) in [4.78, 5) is 23.2. The number of methoxy groups -OCH3 is 1. The predicted molar refractivity (Wildman–Crippen MR) is 68.6 cm³/mol. The molecule has 1 aromatic heterocycles. The SMILES string of the molecule is CCCC(C)NC(=O)C(C)n1cc(C(=O)OC)nn1. The maximum Gasteiger partial charge on any atom is 0.360 e. The molecule has 1 heterocycles. The molecule has 0 spiro atoms. The van der Waals surface area contributed by atoms with Crippen molar-refractivity contribution in [3.63, 3.8) is 0 Å². The zero-order valence-corrected chi connectivity index (χ0v) is 11.7. The smallest absolute Gasteiger partial charge is 0.360 e. The summed E-state index contributed by atoms with van der Waals surface area (Å²) in [6, 6.07) is -0.409. The number of carbonyl (C=O) groups excluding carboxylic acids is 2. The molecule has 0 aliphatic carbocycles. The Hall–Kier alpha value is -1.92. The van der Waals surface area contributed by atoms with Crippen LogP contribution < -0.4 is 5.32 Å². The number of esters is 1. The Morgan fingerprint density at radius 2 is 2.16 bits per heavy atom. The van der Waals surface area contributed by atoms with Crippen LogP contribution >= 0.6 is 0 Å². The summed E-state index contributed by atoms with van der Waals surface area (Å²) in [7, 11) is 1.27. The van der Waals surface area contributed by atoms with E-state index in [9.17, 15) is 9.59 Å². The molecule has 1 N–H and O–H groups in total. The maximum atomic E-state index is 12.0. The lowest BCUT2D eigenvalue weighted by molar-refractivity contribution is -0.124. The molecule has 1 aromatic rings. The zero-order valence-electron chi connectivity index (χ0n) is 11.7. The fourth-order valence-electron chi connectivity index (χ4n) is 1.65. The Morgan fingerprint density at radius 3 is 2.74 bits per heavy atom. The molecule has 1 rings (SSSR count). The first kappa shape index (κ1) is 15.1. The molecule has 2 atom stereocenters. The van der Waals surface area contributed by atoms with E-state index in [2.05, 4.69) is 27.3 Å². The number of hydrogen-bond donors (Lipinski definition) is 1. The molecule has 0 radical (unpaired) electrons. The first-order valence-corrected chi connectivity index (χ1v) is 6.30. The summed E-state index contributed by atoms with van der Waals surface area (Å²) >= 11 is 0. The number of hydrogen-bond acceptors (Lipinski definition) is 5. The van der Waals surface area contributed by atoms with Crippen LogP contribution in [0.1, 0.15) is 50.1 Å². The van der Waals surface area contributed by atoms with Crippen molar-refractivity contribution in [3.05, 3.63) is 11.9 Å². The first-order chi connectivity index (χ1) is 8.99. The Balaban J connectivity index is 2.66. The topological polar surface area (TPSA) is 86.1 Å². The third kappa shape index (κ3) is 4.04. The molecular weight excluding hydrogens is 248 g/mol. The number of nitrogens with one attached hydrogen (secondary N) is 1. The van der Waals surface area contributed by atoms with Gasteiger partial charge in [0.05, 0.1) is 13.3 Å². The minimum atomic E-state index is -0.571. The Labute approximate surface area is 112 Å². The van der Waals surface area contributed by atoms with Crippen LogP contribution in [0.4, 0.5) is 0 Å². The second-order valence-corrected chi connectivity index (χ2v) is 4.45. The molecule has 2 unspecified atom stereocenters. The lowest BCUT2D eigenvalue weighted by atomic mass is 10.2. The fraction of sp³-hybridized carbons (Fsp3) is 0.667. The van der Waals surface area contributed by atoms with Gasteiger partial charge in [0.2, 0.25) is 5.91 Å². The molecule has 0 saturated heterocycles. The van der Waals surface area contributed by atoms with Gasteiger partial charge in [0.15, 0.2) is 5.69 Å². The molecule has 0 aliphatic heterocycles. The summed E-state index contributed by atoms with van der Waals surface area (Å²) in [6.45, 7) is 5.71. The molecule has 0 saturated carbocycles. The molecule has 0 bridgehead atoms. The largest absolute Gasteiger partial charge is 0.464 e. The molecular formula is C12H20N4O3. The number of rotatable bonds is 6. The summed E-state index contributed by atoms with van der Waals surface area (Å²) in [5, 5.41) is 10.3.